The first-order valence-corrected chi connectivity index (χ1v) is 5.01. The predicted molar refractivity (Wildman–Crippen MR) is 66.4 cm³/mol. The predicted octanol–water partition coefficient (Wildman–Crippen LogP) is 2.53. The summed E-state index contributed by atoms with van der Waals surface area (Å²) < 4.78 is 0. The van der Waals surface area contributed by atoms with E-state index in [1.807, 2.05) is 43.4 Å². The zero-order valence-corrected chi connectivity index (χ0v) is 9.13. The molecule has 0 aliphatic rings. The highest BCUT2D eigenvalue weighted by atomic mass is 16.2. The van der Waals surface area contributed by atoms with Crippen LogP contribution in [0.1, 0.15) is 17.3 Å². The van der Waals surface area contributed by atoms with Crippen LogP contribution in [0.3, 0.4) is 0 Å². The second-order valence-corrected chi connectivity index (χ2v) is 3.00. The maximum Gasteiger partial charge on any atom is 0.271 e. The average Bonchev–Trinajstić information content (AvgIpc) is 2.34. The van der Waals surface area contributed by atoms with E-state index < -0.39 is 0 Å². The minimum absolute atomic E-state index is 0.212. The van der Waals surface area contributed by atoms with E-state index in [4.69, 9.17) is 0 Å². The van der Waals surface area contributed by atoms with Gasteiger partial charge in [0.05, 0.1) is 0 Å². The summed E-state index contributed by atoms with van der Waals surface area (Å²) in [5.74, 6) is -0.212. The number of allylic oxidation sites excluding steroid dienone is 4. The number of carbonyl (C=O) groups excluding carboxylic acids is 1. The van der Waals surface area contributed by atoms with E-state index in [0.717, 1.165) is 0 Å². The van der Waals surface area contributed by atoms with Gasteiger partial charge in [-0.2, -0.15) is 5.10 Å². The fraction of sp³-hybridized carbons (Fsp3) is 0.0769. The monoisotopic (exact) mass is 214 g/mol. The molecule has 0 atom stereocenters. The van der Waals surface area contributed by atoms with Crippen LogP contribution >= 0.6 is 0 Å². The van der Waals surface area contributed by atoms with Crippen LogP contribution < -0.4 is 5.43 Å². The molecule has 0 fully saturated rings. The number of rotatable bonds is 4. The van der Waals surface area contributed by atoms with E-state index >= 15 is 0 Å². The second kappa shape index (κ2) is 7.17. The Balaban J connectivity index is 2.42. The molecule has 1 N–H and O–H groups in total. The molecular formula is C13H14N2O. The van der Waals surface area contributed by atoms with Crippen LogP contribution in [0.2, 0.25) is 0 Å². The van der Waals surface area contributed by atoms with Crippen LogP contribution in [0, 0.1) is 0 Å². The highest BCUT2D eigenvalue weighted by molar-refractivity contribution is 5.94. The van der Waals surface area contributed by atoms with Crippen molar-refractivity contribution >= 4 is 12.1 Å². The summed E-state index contributed by atoms with van der Waals surface area (Å²) in [6.07, 6.45) is 8.89. The van der Waals surface area contributed by atoms with Crippen molar-refractivity contribution in [1.29, 1.82) is 0 Å². The molecule has 82 valence electrons. The van der Waals surface area contributed by atoms with Gasteiger partial charge in [-0.15, -0.1) is 0 Å². The standard InChI is InChI=1S/C13H14N2O/c1-2-3-4-8-11-14-15-13(16)12-9-6-5-7-10-12/h2-11H,1H3,(H,15,16)/b3-2-,8-4-,14-11+. The quantitative estimate of drug-likeness (QED) is 0.467. The maximum absolute atomic E-state index is 11.5. The third kappa shape index (κ3) is 4.37. The first-order valence-electron chi connectivity index (χ1n) is 5.01. The molecule has 0 aliphatic carbocycles. The van der Waals surface area contributed by atoms with Gasteiger partial charge in [0.2, 0.25) is 0 Å². The molecule has 0 radical (unpaired) electrons. The Bertz CT molecular complexity index is 405. The molecule has 0 aliphatic heterocycles. The van der Waals surface area contributed by atoms with E-state index in [-0.39, 0.29) is 5.91 Å². The van der Waals surface area contributed by atoms with Crippen molar-refractivity contribution in [2.24, 2.45) is 5.10 Å². The van der Waals surface area contributed by atoms with Gasteiger partial charge in [-0.1, -0.05) is 36.4 Å². The van der Waals surface area contributed by atoms with E-state index in [9.17, 15) is 4.79 Å². The number of hydrogen-bond donors (Lipinski definition) is 1. The first kappa shape index (κ1) is 11.9. The highest BCUT2D eigenvalue weighted by Gasteiger charge is 2.00. The lowest BCUT2D eigenvalue weighted by Gasteiger charge is -1.97. The zero-order chi connectivity index (χ0) is 11.6. The van der Waals surface area contributed by atoms with Crippen molar-refractivity contribution in [2.75, 3.05) is 0 Å². The Labute approximate surface area is 95.2 Å². The molecule has 1 amide bonds. The lowest BCUT2D eigenvalue weighted by molar-refractivity contribution is 0.0955. The van der Waals surface area contributed by atoms with Crippen LogP contribution in [0.25, 0.3) is 0 Å². The Morgan fingerprint density at radius 3 is 2.62 bits per heavy atom. The van der Waals surface area contributed by atoms with Gasteiger partial charge < -0.3 is 0 Å². The molecule has 0 saturated heterocycles. The van der Waals surface area contributed by atoms with Crippen LogP contribution in [0.5, 0.6) is 0 Å². The van der Waals surface area contributed by atoms with Gasteiger partial charge in [0.1, 0.15) is 0 Å². The second-order valence-electron chi connectivity index (χ2n) is 3.00. The summed E-state index contributed by atoms with van der Waals surface area (Å²) in [5.41, 5.74) is 3.03. The Hall–Kier alpha value is -2.16. The van der Waals surface area contributed by atoms with Gasteiger partial charge in [0, 0.05) is 11.8 Å². The lowest BCUT2D eigenvalue weighted by Crippen LogP contribution is -2.16. The Morgan fingerprint density at radius 1 is 1.19 bits per heavy atom. The van der Waals surface area contributed by atoms with Gasteiger partial charge >= 0.3 is 0 Å². The summed E-state index contributed by atoms with van der Waals surface area (Å²) in [6, 6.07) is 8.95. The van der Waals surface area contributed by atoms with Crippen molar-refractivity contribution in [3.63, 3.8) is 0 Å². The molecule has 1 rings (SSSR count). The van der Waals surface area contributed by atoms with Crippen LogP contribution in [-0.2, 0) is 0 Å². The summed E-state index contributed by atoms with van der Waals surface area (Å²) in [7, 11) is 0. The molecule has 1 aromatic carbocycles. The highest BCUT2D eigenvalue weighted by Crippen LogP contribution is 1.97. The smallest absolute Gasteiger partial charge is 0.267 e. The number of carbonyl (C=O) groups is 1. The number of benzene rings is 1. The van der Waals surface area contributed by atoms with Gasteiger partial charge in [-0.05, 0) is 25.1 Å². The average molecular weight is 214 g/mol. The lowest BCUT2D eigenvalue weighted by atomic mass is 10.2. The van der Waals surface area contributed by atoms with Crippen molar-refractivity contribution in [3.8, 4) is 0 Å². The van der Waals surface area contributed by atoms with Crippen molar-refractivity contribution in [2.45, 2.75) is 6.92 Å². The van der Waals surface area contributed by atoms with Gasteiger partial charge in [0.15, 0.2) is 0 Å². The fourth-order valence-corrected chi connectivity index (χ4v) is 1.02. The van der Waals surface area contributed by atoms with E-state index in [1.165, 1.54) is 6.21 Å². The minimum Gasteiger partial charge on any atom is -0.267 e. The molecule has 1 aromatic rings. The molecule has 0 saturated carbocycles. The molecule has 0 heterocycles. The third-order valence-corrected chi connectivity index (χ3v) is 1.78. The number of nitrogens with one attached hydrogen (secondary N) is 1. The molecule has 0 bridgehead atoms. The molecule has 16 heavy (non-hydrogen) atoms. The van der Waals surface area contributed by atoms with Gasteiger partial charge in [-0.25, -0.2) is 5.43 Å². The molecule has 3 heteroatoms. The van der Waals surface area contributed by atoms with Gasteiger partial charge in [0.25, 0.3) is 5.91 Å². The minimum atomic E-state index is -0.212. The SMILES string of the molecule is C\C=C/C=C\C=N\NC(=O)c1ccccc1. The third-order valence-electron chi connectivity index (χ3n) is 1.78. The topological polar surface area (TPSA) is 41.5 Å². The van der Waals surface area contributed by atoms with Crippen molar-refractivity contribution < 1.29 is 4.79 Å². The molecule has 3 nitrogen and oxygen atoms in total. The van der Waals surface area contributed by atoms with Crippen LogP contribution in [-0.4, -0.2) is 12.1 Å². The number of hydrazone groups is 1. The number of hydrogen-bond acceptors (Lipinski definition) is 2. The fourth-order valence-electron chi connectivity index (χ4n) is 1.02. The van der Waals surface area contributed by atoms with Crippen molar-refractivity contribution in [3.05, 3.63) is 60.2 Å². The largest absolute Gasteiger partial charge is 0.271 e. The zero-order valence-electron chi connectivity index (χ0n) is 9.13. The Kier molecular flexibility index (Phi) is 5.34. The summed E-state index contributed by atoms with van der Waals surface area (Å²) in [6.45, 7) is 1.93. The first-order chi connectivity index (χ1) is 7.84. The van der Waals surface area contributed by atoms with E-state index in [2.05, 4.69) is 10.5 Å². The Morgan fingerprint density at radius 2 is 1.94 bits per heavy atom. The molecule has 0 aromatic heterocycles. The van der Waals surface area contributed by atoms with Gasteiger partial charge in [-0.3, -0.25) is 4.79 Å². The van der Waals surface area contributed by atoms with Crippen LogP contribution in [0.15, 0.2) is 59.7 Å². The van der Waals surface area contributed by atoms with E-state index in [1.54, 1.807) is 18.2 Å². The number of nitrogens with zero attached hydrogens (tertiary/aromatic N) is 1. The van der Waals surface area contributed by atoms with Crippen LogP contribution in [0.4, 0.5) is 0 Å². The normalized spacial score (nSPS) is 11.6. The molecule has 0 spiro atoms. The summed E-state index contributed by atoms with van der Waals surface area (Å²) >= 11 is 0. The maximum atomic E-state index is 11.5. The van der Waals surface area contributed by atoms with Crippen molar-refractivity contribution in [1.82, 2.24) is 5.43 Å². The summed E-state index contributed by atoms with van der Waals surface area (Å²) in [4.78, 5) is 11.5. The molecule has 0 unspecified atom stereocenters. The van der Waals surface area contributed by atoms with E-state index in [0.29, 0.717) is 5.56 Å². The number of amides is 1. The molecular weight excluding hydrogens is 200 g/mol. The summed E-state index contributed by atoms with van der Waals surface area (Å²) in [5, 5.41) is 3.77.